The largest absolute Gasteiger partial charge is 0.482 e. The van der Waals surface area contributed by atoms with Crippen LogP contribution in [0.2, 0.25) is 0 Å². The predicted molar refractivity (Wildman–Crippen MR) is 94.9 cm³/mol. The number of rotatable bonds is 7. The molecule has 146 valence electrons. The lowest BCUT2D eigenvalue weighted by molar-refractivity contribution is -0.150. The average Bonchev–Trinajstić information content (AvgIpc) is 2.69. The first-order valence-electron chi connectivity index (χ1n) is 8.10. The van der Waals surface area contributed by atoms with E-state index in [1.807, 2.05) is 10.9 Å². The lowest BCUT2D eigenvalue weighted by atomic mass is 10.1. The summed E-state index contributed by atoms with van der Waals surface area (Å²) < 4.78 is 23.3. The van der Waals surface area contributed by atoms with Crippen LogP contribution in [0.15, 0.2) is 48.5 Å². The fourth-order valence-electron chi connectivity index (χ4n) is 1.99. The molecule has 9 heteroatoms. The number of amides is 2. The zero-order chi connectivity index (χ0) is 20.5. The second-order valence-electron chi connectivity index (χ2n) is 5.51. The molecule has 0 heterocycles. The molecule has 0 unspecified atom stereocenters. The van der Waals surface area contributed by atoms with Gasteiger partial charge < -0.3 is 9.47 Å². The van der Waals surface area contributed by atoms with Crippen molar-refractivity contribution in [3.63, 3.8) is 0 Å². The second kappa shape index (κ2) is 9.81. The van der Waals surface area contributed by atoms with E-state index >= 15 is 0 Å². The Balaban J connectivity index is 1.69. The summed E-state index contributed by atoms with van der Waals surface area (Å²) in [4.78, 5) is 46.0. The van der Waals surface area contributed by atoms with Gasteiger partial charge in [0.1, 0.15) is 11.6 Å². The van der Waals surface area contributed by atoms with Crippen molar-refractivity contribution in [2.24, 2.45) is 0 Å². The van der Waals surface area contributed by atoms with Gasteiger partial charge in [-0.25, -0.2) is 9.18 Å². The Morgan fingerprint density at radius 2 is 1.61 bits per heavy atom. The fourth-order valence-corrected chi connectivity index (χ4v) is 1.99. The van der Waals surface area contributed by atoms with Crippen LogP contribution in [0.25, 0.3) is 0 Å². The molecule has 2 aromatic carbocycles. The van der Waals surface area contributed by atoms with Crippen molar-refractivity contribution in [3.05, 3.63) is 65.5 Å². The first-order chi connectivity index (χ1) is 13.4. The maximum atomic E-state index is 13.4. The molecular formula is C19H17FN2O6. The molecular weight excluding hydrogens is 371 g/mol. The molecule has 2 amide bonds. The minimum absolute atomic E-state index is 0.0981. The highest BCUT2D eigenvalue weighted by molar-refractivity contribution is 5.96. The van der Waals surface area contributed by atoms with Gasteiger partial charge in [0, 0.05) is 5.56 Å². The van der Waals surface area contributed by atoms with Crippen molar-refractivity contribution >= 4 is 23.6 Å². The summed E-state index contributed by atoms with van der Waals surface area (Å²) in [6.45, 7) is 0.314. The van der Waals surface area contributed by atoms with Crippen LogP contribution >= 0.6 is 0 Å². The molecule has 0 bridgehead atoms. The maximum absolute atomic E-state index is 13.4. The van der Waals surface area contributed by atoms with E-state index in [2.05, 4.69) is 0 Å². The Labute approximate surface area is 159 Å². The van der Waals surface area contributed by atoms with Crippen LogP contribution < -0.4 is 15.6 Å². The molecule has 2 rings (SSSR count). The molecule has 0 saturated heterocycles. The van der Waals surface area contributed by atoms with Gasteiger partial charge in [0.25, 0.3) is 11.8 Å². The molecule has 8 nitrogen and oxygen atoms in total. The number of hydrogen-bond acceptors (Lipinski definition) is 6. The van der Waals surface area contributed by atoms with Crippen molar-refractivity contribution in [2.75, 3.05) is 13.2 Å². The summed E-state index contributed by atoms with van der Waals surface area (Å²) in [6.07, 6.45) is 0. The van der Waals surface area contributed by atoms with Crippen molar-refractivity contribution in [2.45, 2.75) is 6.92 Å². The summed E-state index contributed by atoms with van der Waals surface area (Å²) in [6, 6.07) is 11.4. The van der Waals surface area contributed by atoms with E-state index in [1.165, 1.54) is 37.3 Å². The molecule has 28 heavy (non-hydrogen) atoms. The molecule has 2 N–H and O–H groups in total. The quantitative estimate of drug-likeness (QED) is 0.422. The highest BCUT2D eigenvalue weighted by atomic mass is 19.1. The van der Waals surface area contributed by atoms with Gasteiger partial charge in [-0.2, -0.15) is 0 Å². The fraction of sp³-hybridized carbons (Fsp3) is 0.158. The van der Waals surface area contributed by atoms with E-state index in [0.29, 0.717) is 11.3 Å². The normalized spacial score (nSPS) is 9.93. The van der Waals surface area contributed by atoms with E-state index in [4.69, 9.17) is 9.47 Å². The van der Waals surface area contributed by atoms with Gasteiger partial charge in [0.05, 0.1) is 5.56 Å². The first-order valence-corrected chi connectivity index (χ1v) is 8.10. The van der Waals surface area contributed by atoms with E-state index < -0.39 is 36.8 Å². The SMILES string of the molecule is CC(=O)c1ccc(OCC(=O)OCC(=O)NNC(=O)c2ccccc2F)cc1. The van der Waals surface area contributed by atoms with Gasteiger partial charge >= 0.3 is 5.97 Å². The van der Waals surface area contributed by atoms with Gasteiger partial charge in [-0.3, -0.25) is 25.2 Å². The third-order valence-electron chi connectivity index (χ3n) is 3.42. The second-order valence-corrected chi connectivity index (χ2v) is 5.51. The lowest BCUT2D eigenvalue weighted by Gasteiger charge is -2.09. The summed E-state index contributed by atoms with van der Waals surface area (Å²) in [5, 5.41) is 0. The number of carbonyl (C=O) groups excluding carboxylic acids is 4. The Kier molecular flexibility index (Phi) is 7.21. The zero-order valence-corrected chi connectivity index (χ0v) is 14.9. The highest BCUT2D eigenvalue weighted by Crippen LogP contribution is 2.12. The number of hydrazine groups is 1. The molecule has 0 atom stereocenters. The number of halogens is 1. The van der Waals surface area contributed by atoms with Gasteiger partial charge in [-0.05, 0) is 43.3 Å². The monoisotopic (exact) mass is 388 g/mol. The molecule has 0 fully saturated rings. The van der Waals surface area contributed by atoms with Crippen LogP contribution in [0, 0.1) is 5.82 Å². The molecule has 0 spiro atoms. The maximum Gasteiger partial charge on any atom is 0.344 e. The third-order valence-corrected chi connectivity index (χ3v) is 3.42. The van der Waals surface area contributed by atoms with Gasteiger partial charge in [-0.15, -0.1) is 0 Å². The topological polar surface area (TPSA) is 111 Å². The molecule has 0 aliphatic rings. The number of ether oxygens (including phenoxy) is 2. The molecule has 0 saturated carbocycles. The third kappa shape index (κ3) is 6.20. The number of hydrogen-bond donors (Lipinski definition) is 2. The van der Waals surface area contributed by atoms with Gasteiger partial charge in [0.15, 0.2) is 19.0 Å². The van der Waals surface area contributed by atoms with Crippen LogP contribution in [-0.4, -0.2) is 36.8 Å². The van der Waals surface area contributed by atoms with E-state index in [1.54, 1.807) is 12.1 Å². The number of esters is 1. The van der Waals surface area contributed by atoms with E-state index in [-0.39, 0.29) is 11.3 Å². The van der Waals surface area contributed by atoms with Crippen molar-refractivity contribution in [1.29, 1.82) is 0 Å². The zero-order valence-electron chi connectivity index (χ0n) is 14.9. The van der Waals surface area contributed by atoms with Crippen LogP contribution in [0.5, 0.6) is 5.75 Å². The van der Waals surface area contributed by atoms with E-state index in [9.17, 15) is 23.6 Å². The van der Waals surface area contributed by atoms with Crippen LogP contribution in [0.3, 0.4) is 0 Å². The van der Waals surface area contributed by atoms with E-state index in [0.717, 1.165) is 6.07 Å². The predicted octanol–water partition coefficient (Wildman–Crippen LogP) is 1.41. The first kappa shape index (κ1) is 20.6. The van der Waals surface area contributed by atoms with Crippen LogP contribution in [0.1, 0.15) is 27.6 Å². The van der Waals surface area contributed by atoms with Gasteiger partial charge in [-0.1, -0.05) is 12.1 Å². The minimum atomic E-state index is -0.852. The van der Waals surface area contributed by atoms with Crippen molar-refractivity contribution in [3.8, 4) is 5.75 Å². The standard InChI is InChI=1S/C19H17FN2O6/c1-12(23)13-6-8-14(9-7-13)27-11-18(25)28-10-17(24)21-22-19(26)15-4-2-3-5-16(15)20/h2-9H,10-11H2,1H3,(H,21,24)(H,22,26). The average molecular weight is 388 g/mol. The number of carbonyl (C=O) groups is 4. The molecule has 0 aromatic heterocycles. The number of ketones is 1. The Bertz CT molecular complexity index is 882. The van der Waals surface area contributed by atoms with Crippen molar-refractivity contribution in [1.82, 2.24) is 10.9 Å². The molecule has 2 aromatic rings. The van der Waals surface area contributed by atoms with Crippen LogP contribution in [0.4, 0.5) is 4.39 Å². The summed E-state index contributed by atoms with van der Waals surface area (Å²) >= 11 is 0. The smallest absolute Gasteiger partial charge is 0.344 e. The number of Topliss-reactive ketones (excluding diaryl/α,β-unsaturated/α-hetero) is 1. The minimum Gasteiger partial charge on any atom is -0.482 e. The highest BCUT2D eigenvalue weighted by Gasteiger charge is 2.13. The Morgan fingerprint density at radius 3 is 2.25 bits per heavy atom. The summed E-state index contributed by atoms with van der Waals surface area (Å²) in [5.41, 5.74) is 4.26. The van der Waals surface area contributed by atoms with Crippen LogP contribution in [-0.2, 0) is 14.3 Å². The molecule has 0 aliphatic heterocycles. The molecule has 0 radical (unpaired) electrons. The Hall–Kier alpha value is -3.75. The Morgan fingerprint density at radius 1 is 0.929 bits per heavy atom. The number of benzene rings is 2. The summed E-state index contributed by atoms with van der Waals surface area (Å²) in [5.74, 6) is -2.97. The lowest BCUT2D eigenvalue weighted by Crippen LogP contribution is -2.44. The molecule has 0 aliphatic carbocycles. The van der Waals surface area contributed by atoms with Gasteiger partial charge in [0.2, 0.25) is 0 Å². The number of nitrogens with one attached hydrogen (secondary N) is 2. The van der Waals surface area contributed by atoms with Crippen molar-refractivity contribution < 1.29 is 33.0 Å². The summed E-state index contributed by atoms with van der Waals surface area (Å²) in [7, 11) is 0.